The topological polar surface area (TPSA) is 151 Å². The highest BCUT2D eigenvalue weighted by atomic mass is 16.7. The van der Waals surface area contributed by atoms with Gasteiger partial charge in [0, 0.05) is 18.8 Å². The van der Waals surface area contributed by atoms with Crippen molar-refractivity contribution in [1.82, 2.24) is 0 Å². The van der Waals surface area contributed by atoms with Crippen molar-refractivity contribution in [3.05, 3.63) is 23.8 Å². The maximum Gasteiger partial charge on any atom is 0.509 e. The van der Waals surface area contributed by atoms with E-state index < -0.39 is 47.7 Å². The number of nitrogens with two attached hydrogens (primary N) is 1. The van der Waals surface area contributed by atoms with Crippen LogP contribution in [0.15, 0.2) is 18.2 Å². The number of hydrogen-bond donors (Lipinski definition) is 2. The number of aliphatic carboxylic acids is 1. The number of benzene rings is 1. The highest BCUT2D eigenvalue weighted by Crippen LogP contribution is 2.35. The molecule has 0 radical (unpaired) electrons. The van der Waals surface area contributed by atoms with Crippen molar-refractivity contribution in [2.75, 3.05) is 0 Å². The van der Waals surface area contributed by atoms with Gasteiger partial charge in [-0.05, 0) is 63.6 Å². The zero-order chi connectivity index (χ0) is 28.5. The van der Waals surface area contributed by atoms with Gasteiger partial charge in [-0.1, -0.05) is 33.8 Å². The van der Waals surface area contributed by atoms with Gasteiger partial charge in [-0.25, -0.2) is 4.79 Å². The zero-order valence-corrected chi connectivity index (χ0v) is 23.0. The molecule has 1 rings (SSSR count). The van der Waals surface area contributed by atoms with Crippen molar-refractivity contribution < 1.29 is 43.2 Å². The normalized spacial score (nSPS) is 14.0. The molecule has 0 aliphatic carbocycles. The molecule has 0 amide bonds. The van der Waals surface area contributed by atoms with E-state index >= 15 is 0 Å². The van der Waals surface area contributed by atoms with Crippen LogP contribution >= 0.6 is 0 Å². The van der Waals surface area contributed by atoms with Crippen LogP contribution in [0.5, 0.6) is 11.5 Å². The molecule has 1 aromatic carbocycles. The summed E-state index contributed by atoms with van der Waals surface area (Å²) in [5, 5.41) is 9.62. The average molecular weight is 524 g/mol. The van der Waals surface area contributed by atoms with Gasteiger partial charge in [0.1, 0.15) is 17.7 Å². The van der Waals surface area contributed by atoms with Crippen molar-refractivity contribution in [3.63, 3.8) is 0 Å². The van der Waals surface area contributed by atoms with E-state index in [0.717, 1.165) is 0 Å². The lowest BCUT2D eigenvalue weighted by Crippen LogP contribution is -2.38. The monoisotopic (exact) mass is 523 g/mol. The lowest BCUT2D eigenvalue weighted by atomic mass is 9.87. The molecule has 0 fully saturated rings. The van der Waals surface area contributed by atoms with E-state index in [0.29, 0.717) is 5.56 Å². The van der Waals surface area contributed by atoms with Gasteiger partial charge in [0.05, 0.1) is 0 Å². The molecule has 3 atom stereocenters. The Morgan fingerprint density at radius 3 is 1.86 bits per heavy atom. The molecule has 1 aromatic rings. The van der Waals surface area contributed by atoms with E-state index in [9.17, 15) is 24.3 Å². The van der Waals surface area contributed by atoms with E-state index in [1.54, 1.807) is 33.8 Å². The molecule has 0 aliphatic rings. The Hall–Kier alpha value is -3.14. The number of carbonyl (C=O) groups excluding carboxylic acids is 3. The van der Waals surface area contributed by atoms with E-state index in [2.05, 4.69) is 0 Å². The molecular weight excluding hydrogens is 482 g/mol. The summed E-state index contributed by atoms with van der Waals surface area (Å²) in [6.45, 7) is 14.1. The summed E-state index contributed by atoms with van der Waals surface area (Å²) >= 11 is 0. The average Bonchev–Trinajstić information content (AvgIpc) is 2.70. The van der Waals surface area contributed by atoms with Crippen LogP contribution in [-0.2, 0) is 23.9 Å². The molecule has 0 heterocycles. The highest BCUT2D eigenvalue weighted by Gasteiger charge is 2.31. The van der Waals surface area contributed by atoms with Crippen LogP contribution in [0.4, 0.5) is 4.79 Å². The van der Waals surface area contributed by atoms with Gasteiger partial charge in [0.2, 0.25) is 0 Å². The molecule has 208 valence electrons. The predicted molar refractivity (Wildman–Crippen MR) is 136 cm³/mol. The highest BCUT2D eigenvalue weighted by molar-refractivity contribution is 5.77. The second-order valence-electron chi connectivity index (χ2n) is 10.9. The van der Waals surface area contributed by atoms with Gasteiger partial charge in [-0.2, -0.15) is 0 Å². The summed E-state index contributed by atoms with van der Waals surface area (Å²) in [6, 6.07) is 3.06. The predicted octanol–water partition coefficient (Wildman–Crippen LogP) is 4.82. The number of ether oxygens (including phenoxy) is 4. The van der Waals surface area contributed by atoms with Crippen LogP contribution in [0, 0.1) is 11.8 Å². The van der Waals surface area contributed by atoms with Crippen LogP contribution in [0.1, 0.15) is 86.1 Å². The number of rotatable bonds is 12. The number of hydrogen-bond acceptors (Lipinski definition) is 9. The van der Waals surface area contributed by atoms with Gasteiger partial charge in [-0.15, -0.1) is 0 Å². The minimum absolute atomic E-state index is 0.0245. The summed E-state index contributed by atoms with van der Waals surface area (Å²) in [6.07, 6.45) is -1.31. The third kappa shape index (κ3) is 12.1. The molecule has 0 spiro atoms. The summed E-state index contributed by atoms with van der Waals surface area (Å²) in [5.74, 6) is -3.03. The minimum Gasteiger partial charge on any atom is -0.480 e. The zero-order valence-electron chi connectivity index (χ0n) is 23.0. The van der Waals surface area contributed by atoms with Crippen LogP contribution in [0.3, 0.4) is 0 Å². The summed E-state index contributed by atoms with van der Waals surface area (Å²) in [4.78, 5) is 48.6. The van der Waals surface area contributed by atoms with Gasteiger partial charge in [-0.3, -0.25) is 14.4 Å². The van der Waals surface area contributed by atoms with Crippen molar-refractivity contribution >= 4 is 24.1 Å². The van der Waals surface area contributed by atoms with Gasteiger partial charge in [0.25, 0.3) is 0 Å². The van der Waals surface area contributed by atoms with Gasteiger partial charge in [0.15, 0.2) is 11.5 Å². The first-order valence-corrected chi connectivity index (χ1v) is 12.4. The fourth-order valence-corrected chi connectivity index (χ4v) is 3.42. The van der Waals surface area contributed by atoms with E-state index in [-0.39, 0.29) is 42.6 Å². The first-order valence-electron chi connectivity index (χ1n) is 12.4. The van der Waals surface area contributed by atoms with Gasteiger partial charge < -0.3 is 29.8 Å². The van der Waals surface area contributed by atoms with Crippen molar-refractivity contribution in [1.29, 1.82) is 0 Å². The molecule has 37 heavy (non-hydrogen) atoms. The second kappa shape index (κ2) is 14.0. The van der Waals surface area contributed by atoms with Crippen LogP contribution < -0.4 is 15.2 Å². The number of carbonyl (C=O) groups is 4. The summed E-state index contributed by atoms with van der Waals surface area (Å²) in [5.41, 5.74) is 5.65. The molecule has 2 unspecified atom stereocenters. The molecule has 0 aromatic heterocycles. The Labute approximate surface area is 218 Å². The third-order valence-electron chi connectivity index (χ3n) is 4.98. The third-order valence-corrected chi connectivity index (χ3v) is 4.98. The first kappa shape index (κ1) is 31.9. The van der Waals surface area contributed by atoms with Crippen LogP contribution in [-0.4, -0.2) is 46.9 Å². The minimum atomic E-state index is -1.36. The second-order valence-corrected chi connectivity index (χ2v) is 10.9. The number of carboxylic acids is 1. The Morgan fingerprint density at radius 1 is 0.892 bits per heavy atom. The Morgan fingerprint density at radius 2 is 1.41 bits per heavy atom. The SMILES string of the molecule is CC(C)CC(=O)Oc1ccc(C(CC(C)OC(=O)OC(C)(C)C)[C@H](N)C(=O)O)cc1OC(=O)CC(C)C. The van der Waals surface area contributed by atoms with Crippen molar-refractivity contribution in [3.8, 4) is 11.5 Å². The molecule has 0 aliphatic heterocycles. The molecule has 10 heteroatoms. The lowest BCUT2D eigenvalue weighted by Gasteiger charge is -2.26. The molecular formula is C27H41NO9. The number of carboxylic acid groups (broad SMARTS) is 1. The first-order chi connectivity index (χ1) is 17.0. The molecule has 0 saturated carbocycles. The number of esters is 2. The maximum atomic E-state index is 12.4. The molecule has 3 N–H and O–H groups in total. The Balaban J connectivity index is 3.32. The van der Waals surface area contributed by atoms with E-state index in [1.807, 2.05) is 27.7 Å². The summed E-state index contributed by atoms with van der Waals surface area (Å²) in [7, 11) is 0. The molecule has 10 nitrogen and oxygen atoms in total. The van der Waals surface area contributed by atoms with E-state index in [1.165, 1.54) is 12.1 Å². The maximum absolute atomic E-state index is 12.4. The Bertz CT molecular complexity index is 950. The van der Waals surface area contributed by atoms with E-state index in [4.69, 9.17) is 24.7 Å². The standard InChI is InChI=1S/C27H41NO9/c1-15(2)11-22(29)35-20-10-9-18(14-21(20)36-23(30)12-16(3)4)19(24(28)25(31)32)13-17(5)34-26(33)37-27(6,7)8/h9-10,14-17,19,24H,11-13,28H2,1-8H3,(H,31,32)/t17?,19?,24-/m0/s1. The smallest absolute Gasteiger partial charge is 0.480 e. The molecule has 0 bridgehead atoms. The Kier molecular flexibility index (Phi) is 12.0. The quantitative estimate of drug-likeness (QED) is 0.288. The fourth-order valence-electron chi connectivity index (χ4n) is 3.42. The largest absolute Gasteiger partial charge is 0.509 e. The van der Waals surface area contributed by atoms with Crippen molar-refractivity contribution in [2.45, 2.75) is 98.3 Å². The summed E-state index contributed by atoms with van der Waals surface area (Å²) < 4.78 is 21.4. The lowest BCUT2D eigenvalue weighted by molar-refractivity contribution is -0.139. The van der Waals surface area contributed by atoms with Crippen LogP contribution in [0.2, 0.25) is 0 Å². The van der Waals surface area contributed by atoms with Crippen molar-refractivity contribution in [2.24, 2.45) is 17.6 Å². The van der Waals surface area contributed by atoms with Gasteiger partial charge >= 0.3 is 24.1 Å². The molecule has 0 saturated heterocycles. The van der Waals surface area contributed by atoms with Crippen LogP contribution in [0.25, 0.3) is 0 Å². The fraction of sp³-hybridized carbons (Fsp3) is 0.630.